The molecule has 0 aromatic carbocycles. The van der Waals surface area contributed by atoms with Gasteiger partial charge in [-0.05, 0) is 17.9 Å². The Morgan fingerprint density at radius 3 is 3.00 bits per heavy atom. The second-order valence-electron chi connectivity index (χ2n) is 1.58. The third-order valence-corrected chi connectivity index (χ3v) is 1.89. The fourth-order valence-corrected chi connectivity index (χ4v) is 1.29. The fraction of sp³-hybridized carbons (Fsp3) is 0.333. The third kappa shape index (κ3) is 1.32. The molecule has 1 aromatic rings. The van der Waals surface area contributed by atoms with Crippen LogP contribution in [0.2, 0.25) is 0 Å². The van der Waals surface area contributed by atoms with Gasteiger partial charge in [0.05, 0.1) is 0 Å². The SMILES string of the molecule is [NH]CCc1cccs1. The van der Waals surface area contributed by atoms with E-state index in [1.807, 2.05) is 11.4 Å². The molecule has 0 amide bonds. The Morgan fingerprint density at radius 1 is 1.62 bits per heavy atom. The van der Waals surface area contributed by atoms with E-state index in [2.05, 4.69) is 6.07 Å². The standard InChI is InChI=1S/C6H8NS/c7-4-3-6-2-1-5-8-6/h1-2,5,7H,3-4H2. The molecule has 1 heterocycles. The first-order chi connectivity index (χ1) is 3.93. The van der Waals surface area contributed by atoms with Gasteiger partial charge in [-0.15, -0.1) is 11.3 Å². The summed E-state index contributed by atoms with van der Waals surface area (Å²) < 4.78 is 0. The lowest BCUT2D eigenvalue weighted by Gasteiger charge is -1.85. The topological polar surface area (TPSA) is 23.8 Å². The second kappa shape index (κ2) is 2.84. The van der Waals surface area contributed by atoms with Gasteiger partial charge in [-0.2, -0.15) is 0 Å². The van der Waals surface area contributed by atoms with Gasteiger partial charge < -0.3 is 0 Å². The zero-order chi connectivity index (χ0) is 5.82. The summed E-state index contributed by atoms with van der Waals surface area (Å²) in [4.78, 5) is 1.32. The molecule has 0 spiro atoms. The molecule has 1 aromatic heterocycles. The first-order valence-corrected chi connectivity index (χ1v) is 3.48. The van der Waals surface area contributed by atoms with Gasteiger partial charge in [0.15, 0.2) is 0 Å². The lowest BCUT2D eigenvalue weighted by atomic mass is 10.3. The van der Waals surface area contributed by atoms with Crippen LogP contribution in [0, 0.1) is 0 Å². The van der Waals surface area contributed by atoms with Crippen molar-refractivity contribution in [1.82, 2.24) is 5.73 Å². The van der Waals surface area contributed by atoms with Crippen LogP contribution in [0.1, 0.15) is 4.88 Å². The number of rotatable bonds is 2. The Morgan fingerprint density at radius 2 is 2.50 bits per heavy atom. The first-order valence-electron chi connectivity index (χ1n) is 2.60. The average molecular weight is 126 g/mol. The Balaban J connectivity index is 2.50. The number of hydrogen-bond donors (Lipinski definition) is 0. The van der Waals surface area contributed by atoms with Crippen LogP contribution in [0.15, 0.2) is 17.5 Å². The predicted octanol–water partition coefficient (Wildman–Crippen LogP) is 1.57. The van der Waals surface area contributed by atoms with Crippen molar-refractivity contribution in [3.63, 3.8) is 0 Å². The van der Waals surface area contributed by atoms with Crippen molar-refractivity contribution in [2.45, 2.75) is 6.42 Å². The van der Waals surface area contributed by atoms with Gasteiger partial charge in [0.2, 0.25) is 0 Å². The van der Waals surface area contributed by atoms with Crippen molar-refractivity contribution in [3.05, 3.63) is 22.4 Å². The molecule has 1 radical (unpaired) electrons. The lowest BCUT2D eigenvalue weighted by Crippen LogP contribution is -1.86. The van der Waals surface area contributed by atoms with Crippen LogP contribution >= 0.6 is 11.3 Å². The normalized spacial score (nSPS) is 9.62. The van der Waals surface area contributed by atoms with Crippen LogP contribution in [0.25, 0.3) is 0 Å². The van der Waals surface area contributed by atoms with Crippen LogP contribution in [-0.2, 0) is 6.42 Å². The van der Waals surface area contributed by atoms with E-state index in [1.165, 1.54) is 4.88 Å². The average Bonchev–Trinajstić information content (AvgIpc) is 2.19. The molecule has 0 atom stereocenters. The summed E-state index contributed by atoms with van der Waals surface area (Å²) in [6.45, 7) is 0.514. The number of thiophene rings is 1. The van der Waals surface area contributed by atoms with E-state index in [4.69, 9.17) is 5.73 Å². The maximum atomic E-state index is 6.89. The fourth-order valence-electron chi connectivity index (χ4n) is 0.578. The Bertz CT molecular complexity index is 134. The molecule has 0 fully saturated rings. The molecule has 0 aliphatic heterocycles. The summed E-state index contributed by atoms with van der Waals surface area (Å²) in [7, 11) is 0. The first kappa shape index (κ1) is 5.79. The molecular weight excluding hydrogens is 118 g/mol. The third-order valence-electron chi connectivity index (χ3n) is 0.952. The van der Waals surface area contributed by atoms with E-state index in [9.17, 15) is 0 Å². The van der Waals surface area contributed by atoms with Crippen LogP contribution in [0.4, 0.5) is 0 Å². The molecular formula is C6H8NS. The summed E-state index contributed by atoms with van der Waals surface area (Å²) >= 11 is 1.73. The molecule has 0 aliphatic rings. The highest BCUT2D eigenvalue weighted by molar-refractivity contribution is 7.09. The van der Waals surface area contributed by atoms with E-state index in [0.717, 1.165) is 6.42 Å². The Labute approximate surface area is 53.1 Å². The number of hydrogen-bond acceptors (Lipinski definition) is 1. The van der Waals surface area contributed by atoms with Crippen LogP contribution < -0.4 is 5.73 Å². The molecule has 1 nitrogen and oxygen atoms in total. The van der Waals surface area contributed by atoms with E-state index in [1.54, 1.807) is 11.3 Å². The van der Waals surface area contributed by atoms with Crippen LogP contribution in [0.3, 0.4) is 0 Å². The lowest BCUT2D eigenvalue weighted by molar-refractivity contribution is 0.959. The van der Waals surface area contributed by atoms with E-state index >= 15 is 0 Å². The van der Waals surface area contributed by atoms with Gasteiger partial charge in [-0.25, -0.2) is 0 Å². The highest BCUT2D eigenvalue weighted by Gasteiger charge is 1.87. The minimum atomic E-state index is 0.514. The van der Waals surface area contributed by atoms with Gasteiger partial charge >= 0.3 is 0 Å². The molecule has 8 heavy (non-hydrogen) atoms. The zero-order valence-electron chi connectivity index (χ0n) is 4.55. The molecule has 0 saturated heterocycles. The largest absolute Gasteiger partial charge is 0.257 e. The van der Waals surface area contributed by atoms with Crippen molar-refractivity contribution in [2.24, 2.45) is 0 Å². The van der Waals surface area contributed by atoms with Gasteiger partial charge in [-0.1, -0.05) is 6.07 Å². The van der Waals surface area contributed by atoms with Gasteiger partial charge in [-0.3, -0.25) is 5.73 Å². The van der Waals surface area contributed by atoms with Gasteiger partial charge in [0.25, 0.3) is 0 Å². The van der Waals surface area contributed by atoms with E-state index in [0.29, 0.717) is 6.54 Å². The van der Waals surface area contributed by atoms with Crippen molar-refractivity contribution >= 4 is 11.3 Å². The minimum Gasteiger partial charge on any atom is -0.257 e. The maximum Gasteiger partial charge on any atom is 0.0148 e. The summed E-state index contributed by atoms with van der Waals surface area (Å²) in [5.41, 5.74) is 6.89. The van der Waals surface area contributed by atoms with Crippen LogP contribution in [-0.4, -0.2) is 6.54 Å². The molecule has 1 rings (SSSR count). The monoisotopic (exact) mass is 126 g/mol. The van der Waals surface area contributed by atoms with Crippen molar-refractivity contribution in [2.75, 3.05) is 6.54 Å². The van der Waals surface area contributed by atoms with Gasteiger partial charge in [0.1, 0.15) is 0 Å². The Hall–Kier alpha value is -0.340. The summed E-state index contributed by atoms with van der Waals surface area (Å²) in [5.74, 6) is 0. The van der Waals surface area contributed by atoms with Crippen molar-refractivity contribution in [3.8, 4) is 0 Å². The minimum absolute atomic E-state index is 0.514. The molecule has 2 heteroatoms. The molecule has 0 unspecified atom stereocenters. The highest BCUT2D eigenvalue weighted by Crippen LogP contribution is 2.07. The zero-order valence-corrected chi connectivity index (χ0v) is 5.37. The van der Waals surface area contributed by atoms with Gasteiger partial charge in [0, 0.05) is 11.4 Å². The quantitative estimate of drug-likeness (QED) is 0.574. The van der Waals surface area contributed by atoms with E-state index < -0.39 is 0 Å². The van der Waals surface area contributed by atoms with Crippen molar-refractivity contribution in [1.29, 1.82) is 0 Å². The predicted molar refractivity (Wildman–Crippen MR) is 36.0 cm³/mol. The molecule has 0 aliphatic carbocycles. The highest BCUT2D eigenvalue weighted by atomic mass is 32.1. The molecule has 0 saturated carbocycles. The molecule has 0 bridgehead atoms. The van der Waals surface area contributed by atoms with Crippen LogP contribution in [0.5, 0.6) is 0 Å². The summed E-state index contributed by atoms with van der Waals surface area (Å²) in [6.07, 6.45) is 0.914. The van der Waals surface area contributed by atoms with E-state index in [-0.39, 0.29) is 0 Å². The smallest absolute Gasteiger partial charge is 0.0148 e. The summed E-state index contributed by atoms with van der Waals surface area (Å²) in [6, 6.07) is 4.09. The summed E-state index contributed by atoms with van der Waals surface area (Å²) in [5, 5.41) is 2.05. The Kier molecular flexibility index (Phi) is 2.06. The molecule has 43 valence electrons. The maximum absolute atomic E-state index is 6.89. The number of nitrogens with one attached hydrogen (secondary N) is 1. The second-order valence-corrected chi connectivity index (χ2v) is 2.61. The molecule has 1 N–H and O–H groups in total. The van der Waals surface area contributed by atoms with Crippen molar-refractivity contribution < 1.29 is 0 Å².